The smallest absolute Gasteiger partial charge is 0.0724 e. The van der Waals surface area contributed by atoms with Crippen molar-refractivity contribution in [1.82, 2.24) is 4.98 Å². The summed E-state index contributed by atoms with van der Waals surface area (Å²) >= 11 is 0. The van der Waals surface area contributed by atoms with Crippen molar-refractivity contribution in [1.29, 1.82) is 0 Å². The van der Waals surface area contributed by atoms with Gasteiger partial charge in [0.05, 0.1) is 5.44 Å². The fourth-order valence-corrected chi connectivity index (χ4v) is 4.48. The molecule has 0 N–H and O–H groups in total. The number of rotatable bonds is 3. The Morgan fingerprint density at radius 1 is 0.650 bits per heavy atom. The Morgan fingerprint density at radius 3 is 1.70 bits per heavy atom. The van der Waals surface area contributed by atoms with Crippen LogP contribution >= 0.6 is 7.92 Å². The molecule has 2 aromatic carbocycles. The number of aryl methyl sites for hydroxylation is 1. The fraction of sp³-hybridized carbons (Fsp3) is 0.0556. The van der Waals surface area contributed by atoms with Crippen molar-refractivity contribution in [3.05, 3.63) is 84.6 Å². The minimum Gasteiger partial charge on any atom is -0.253 e. The highest BCUT2D eigenvalue weighted by atomic mass is 31.1. The van der Waals surface area contributed by atoms with Gasteiger partial charge in [-0.05, 0) is 29.7 Å². The molecular formula is C18H16NP. The molecule has 0 bridgehead atoms. The second kappa shape index (κ2) is 5.98. The summed E-state index contributed by atoms with van der Waals surface area (Å²) in [4.78, 5) is 4.76. The minimum absolute atomic E-state index is 0.573. The molecule has 0 atom stereocenters. The number of nitrogens with zero attached hydrogens (tertiary/aromatic N) is 1. The van der Waals surface area contributed by atoms with Gasteiger partial charge in [-0.2, -0.15) is 0 Å². The van der Waals surface area contributed by atoms with Crippen molar-refractivity contribution >= 4 is 24.0 Å². The molecule has 1 nitrogen and oxygen atoms in total. The summed E-state index contributed by atoms with van der Waals surface area (Å²) < 4.78 is 0. The number of hydrogen-bond donors (Lipinski definition) is 0. The topological polar surface area (TPSA) is 12.9 Å². The first kappa shape index (κ1) is 13.0. The lowest BCUT2D eigenvalue weighted by molar-refractivity contribution is 1.24. The van der Waals surface area contributed by atoms with Crippen LogP contribution in [0.15, 0.2) is 78.9 Å². The predicted molar refractivity (Wildman–Crippen MR) is 87.7 cm³/mol. The van der Waals surface area contributed by atoms with E-state index in [0.717, 1.165) is 11.1 Å². The predicted octanol–water partition coefficient (Wildman–Crippen LogP) is 3.15. The lowest BCUT2D eigenvalue weighted by Crippen LogP contribution is -2.22. The maximum atomic E-state index is 4.76. The molecule has 0 spiro atoms. The van der Waals surface area contributed by atoms with Gasteiger partial charge in [-0.1, -0.05) is 66.7 Å². The van der Waals surface area contributed by atoms with Gasteiger partial charge in [-0.25, -0.2) is 0 Å². The molecule has 0 aliphatic rings. The molecule has 0 aliphatic carbocycles. The van der Waals surface area contributed by atoms with E-state index in [2.05, 4.69) is 72.8 Å². The van der Waals surface area contributed by atoms with E-state index in [4.69, 9.17) is 4.98 Å². The summed E-state index contributed by atoms with van der Waals surface area (Å²) in [5.41, 5.74) is 2.24. The van der Waals surface area contributed by atoms with Gasteiger partial charge < -0.3 is 0 Å². The third kappa shape index (κ3) is 2.79. The van der Waals surface area contributed by atoms with E-state index in [1.54, 1.807) is 0 Å². The van der Waals surface area contributed by atoms with Crippen LogP contribution in [-0.4, -0.2) is 4.98 Å². The normalized spacial score (nSPS) is 10.7. The van der Waals surface area contributed by atoms with Crippen LogP contribution in [0.2, 0.25) is 0 Å². The first-order valence-corrected chi connectivity index (χ1v) is 8.03. The number of pyridine rings is 1. The number of hydrogen-bond acceptors (Lipinski definition) is 1. The Balaban J connectivity index is 2.14. The van der Waals surface area contributed by atoms with E-state index in [1.165, 1.54) is 10.6 Å². The summed E-state index contributed by atoms with van der Waals surface area (Å²) in [5, 5.41) is 2.68. The van der Waals surface area contributed by atoms with E-state index in [9.17, 15) is 0 Å². The molecule has 98 valence electrons. The minimum atomic E-state index is -0.573. The summed E-state index contributed by atoms with van der Waals surface area (Å²) in [5.74, 6) is 0. The second-order valence-corrected chi connectivity index (χ2v) is 6.81. The first-order chi connectivity index (χ1) is 9.84. The Labute approximate surface area is 121 Å². The standard InChI is InChI=1S/C18H16NP/c1-15-9-8-14-18(19-15)20(16-10-4-2-5-11-16)17-12-6-3-7-13-17/h2-14H,1H3. The average Bonchev–Trinajstić information content (AvgIpc) is 2.50. The molecule has 1 heterocycles. The molecule has 20 heavy (non-hydrogen) atoms. The first-order valence-electron chi connectivity index (χ1n) is 6.68. The number of benzene rings is 2. The Morgan fingerprint density at radius 2 is 1.20 bits per heavy atom. The molecule has 0 unspecified atom stereocenters. The van der Waals surface area contributed by atoms with Gasteiger partial charge in [-0.15, -0.1) is 0 Å². The molecule has 1 aromatic heterocycles. The van der Waals surface area contributed by atoms with E-state index in [-0.39, 0.29) is 0 Å². The Hall–Kier alpha value is -1.98. The summed E-state index contributed by atoms with van der Waals surface area (Å²) in [6.07, 6.45) is 0. The SMILES string of the molecule is Cc1cccc(P(c2ccccc2)c2ccccc2)n1. The highest BCUT2D eigenvalue weighted by Gasteiger charge is 2.17. The van der Waals surface area contributed by atoms with E-state index in [1.807, 2.05) is 13.0 Å². The number of aromatic nitrogens is 1. The third-order valence-corrected chi connectivity index (χ3v) is 5.47. The van der Waals surface area contributed by atoms with Gasteiger partial charge >= 0.3 is 0 Å². The lowest BCUT2D eigenvalue weighted by atomic mass is 10.4. The zero-order valence-electron chi connectivity index (χ0n) is 11.4. The van der Waals surface area contributed by atoms with Crippen LogP contribution in [0.3, 0.4) is 0 Å². The van der Waals surface area contributed by atoms with Crippen LogP contribution in [0.1, 0.15) is 5.69 Å². The van der Waals surface area contributed by atoms with Crippen LogP contribution < -0.4 is 16.0 Å². The van der Waals surface area contributed by atoms with Crippen LogP contribution in [-0.2, 0) is 0 Å². The van der Waals surface area contributed by atoms with Crippen molar-refractivity contribution in [2.75, 3.05) is 0 Å². The largest absolute Gasteiger partial charge is 0.253 e. The molecule has 0 radical (unpaired) electrons. The molecule has 0 saturated carbocycles. The van der Waals surface area contributed by atoms with Gasteiger partial charge in [-0.3, -0.25) is 4.98 Å². The van der Waals surface area contributed by atoms with E-state index >= 15 is 0 Å². The molecule has 3 rings (SSSR count). The summed E-state index contributed by atoms with van der Waals surface area (Å²) in [6, 6.07) is 27.6. The monoisotopic (exact) mass is 277 g/mol. The fourth-order valence-electron chi connectivity index (χ4n) is 2.22. The Kier molecular flexibility index (Phi) is 3.90. The van der Waals surface area contributed by atoms with E-state index < -0.39 is 7.92 Å². The quantitative estimate of drug-likeness (QED) is 0.670. The molecule has 0 aliphatic heterocycles. The maximum absolute atomic E-state index is 4.76. The van der Waals surface area contributed by atoms with Crippen molar-refractivity contribution in [3.63, 3.8) is 0 Å². The molecule has 3 aromatic rings. The van der Waals surface area contributed by atoms with Gasteiger partial charge in [0.15, 0.2) is 0 Å². The summed E-state index contributed by atoms with van der Waals surface area (Å²) in [6.45, 7) is 2.05. The van der Waals surface area contributed by atoms with Crippen molar-refractivity contribution < 1.29 is 0 Å². The van der Waals surface area contributed by atoms with Crippen LogP contribution in [0, 0.1) is 6.92 Å². The van der Waals surface area contributed by atoms with Crippen molar-refractivity contribution in [2.45, 2.75) is 6.92 Å². The van der Waals surface area contributed by atoms with Gasteiger partial charge in [0.2, 0.25) is 0 Å². The molecule has 0 amide bonds. The Bertz CT molecular complexity index is 641. The van der Waals surface area contributed by atoms with Gasteiger partial charge in [0.25, 0.3) is 0 Å². The van der Waals surface area contributed by atoms with Crippen LogP contribution in [0.4, 0.5) is 0 Å². The summed E-state index contributed by atoms with van der Waals surface area (Å²) in [7, 11) is -0.573. The molecule has 2 heteroatoms. The highest BCUT2D eigenvalue weighted by Crippen LogP contribution is 2.31. The third-order valence-electron chi connectivity index (χ3n) is 3.13. The molecule has 0 saturated heterocycles. The average molecular weight is 277 g/mol. The van der Waals surface area contributed by atoms with Gasteiger partial charge in [0, 0.05) is 13.6 Å². The maximum Gasteiger partial charge on any atom is 0.0724 e. The van der Waals surface area contributed by atoms with Gasteiger partial charge in [0.1, 0.15) is 0 Å². The zero-order valence-corrected chi connectivity index (χ0v) is 12.3. The lowest BCUT2D eigenvalue weighted by Gasteiger charge is -2.18. The molecule has 0 fully saturated rings. The van der Waals surface area contributed by atoms with E-state index in [0.29, 0.717) is 0 Å². The highest BCUT2D eigenvalue weighted by molar-refractivity contribution is 7.79. The van der Waals surface area contributed by atoms with Crippen LogP contribution in [0.5, 0.6) is 0 Å². The molecular weight excluding hydrogens is 261 g/mol. The second-order valence-electron chi connectivity index (χ2n) is 4.64. The van der Waals surface area contributed by atoms with Crippen LogP contribution in [0.25, 0.3) is 0 Å². The zero-order chi connectivity index (χ0) is 13.8. The van der Waals surface area contributed by atoms with Crippen molar-refractivity contribution in [2.24, 2.45) is 0 Å². The van der Waals surface area contributed by atoms with Crippen molar-refractivity contribution in [3.8, 4) is 0 Å².